The molecule has 5 nitrogen and oxygen atoms in total. The van der Waals surface area contributed by atoms with Gasteiger partial charge in [-0.1, -0.05) is 13.3 Å². The molecule has 0 aromatic rings. The molecule has 1 unspecified atom stereocenters. The molecule has 1 saturated heterocycles. The number of likely N-dealkylation sites (tertiary alicyclic amines) is 1. The highest BCUT2D eigenvalue weighted by atomic mass is 16.4. The van der Waals surface area contributed by atoms with Crippen molar-refractivity contribution in [3.8, 4) is 0 Å². The molecule has 0 radical (unpaired) electrons. The lowest BCUT2D eigenvalue weighted by Crippen LogP contribution is -2.48. The van der Waals surface area contributed by atoms with Gasteiger partial charge < -0.3 is 14.9 Å². The lowest BCUT2D eigenvalue weighted by Gasteiger charge is -2.29. The summed E-state index contributed by atoms with van der Waals surface area (Å²) in [7, 11) is 0. The Hall–Kier alpha value is -1.26. The van der Waals surface area contributed by atoms with Crippen molar-refractivity contribution in [2.24, 2.45) is 0 Å². The van der Waals surface area contributed by atoms with Crippen molar-refractivity contribution in [1.29, 1.82) is 0 Å². The number of rotatable bonds is 5. The highest BCUT2D eigenvalue weighted by Crippen LogP contribution is 2.19. The second-order valence-corrected chi connectivity index (χ2v) is 4.41. The molecule has 1 atom stereocenters. The lowest BCUT2D eigenvalue weighted by molar-refractivity contribution is -0.141. The first-order chi connectivity index (χ1) is 8.11. The minimum Gasteiger partial charge on any atom is -0.480 e. The van der Waals surface area contributed by atoms with Crippen LogP contribution in [0.4, 0.5) is 4.79 Å². The second-order valence-electron chi connectivity index (χ2n) is 4.41. The van der Waals surface area contributed by atoms with Crippen LogP contribution in [0.5, 0.6) is 0 Å². The maximum absolute atomic E-state index is 12.2. The topological polar surface area (TPSA) is 60.9 Å². The van der Waals surface area contributed by atoms with E-state index < -0.39 is 12.0 Å². The molecule has 1 N–H and O–H groups in total. The zero-order valence-electron chi connectivity index (χ0n) is 10.7. The van der Waals surface area contributed by atoms with E-state index in [4.69, 9.17) is 5.11 Å². The van der Waals surface area contributed by atoms with Crippen molar-refractivity contribution in [2.45, 2.75) is 45.6 Å². The smallest absolute Gasteiger partial charge is 0.326 e. The summed E-state index contributed by atoms with van der Waals surface area (Å²) in [5, 5.41) is 9.05. The highest BCUT2D eigenvalue weighted by molar-refractivity contribution is 5.83. The van der Waals surface area contributed by atoms with Gasteiger partial charge in [-0.3, -0.25) is 0 Å². The molecule has 0 aromatic heterocycles. The summed E-state index contributed by atoms with van der Waals surface area (Å²) in [6, 6.07) is -0.746. The van der Waals surface area contributed by atoms with Crippen LogP contribution in [0.15, 0.2) is 0 Å². The molecule has 2 amide bonds. The van der Waals surface area contributed by atoms with E-state index in [1.807, 2.05) is 6.92 Å². The Morgan fingerprint density at radius 3 is 2.65 bits per heavy atom. The van der Waals surface area contributed by atoms with Crippen LogP contribution in [-0.2, 0) is 4.79 Å². The molecule has 5 heteroatoms. The first-order valence-corrected chi connectivity index (χ1v) is 6.40. The number of hydrogen-bond acceptors (Lipinski definition) is 2. The summed E-state index contributed by atoms with van der Waals surface area (Å²) in [6.45, 7) is 5.93. The average Bonchev–Trinajstić information content (AvgIpc) is 2.78. The summed E-state index contributed by atoms with van der Waals surface area (Å²) in [6.07, 6.45) is 3.36. The Labute approximate surface area is 102 Å². The molecule has 0 aromatic carbocycles. The van der Waals surface area contributed by atoms with Crippen molar-refractivity contribution in [2.75, 3.05) is 19.6 Å². The Balaban J connectivity index is 2.63. The molecule has 1 heterocycles. The summed E-state index contributed by atoms with van der Waals surface area (Å²) >= 11 is 0. The van der Waals surface area contributed by atoms with Crippen LogP contribution < -0.4 is 0 Å². The standard InChI is InChI=1S/C12H22N2O3/c1-3-5-8-13(4-2)12(17)14-9-6-7-10(14)11(15)16/h10H,3-9H2,1-2H3,(H,15,16). The van der Waals surface area contributed by atoms with Gasteiger partial charge in [0.05, 0.1) is 0 Å². The van der Waals surface area contributed by atoms with Crippen molar-refractivity contribution < 1.29 is 14.7 Å². The molecule has 98 valence electrons. The normalized spacial score (nSPS) is 19.4. The van der Waals surface area contributed by atoms with Gasteiger partial charge in [0.15, 0.2) is 0 Å². The number of amides is 2. The molecule has 1 fully saturated rings. The first-order valence-electron chi connectivity index (χ1n) is 6.40. The molecular weight excluding hydrogens is 220 g/mol. The number of hydrogen-bond donors (Lipinski definition) is 1. The van der Waals surface area contributed by atoms with E-state index in [-0.39, 0.29) is 6.03 Å². The summed E-state index contributed by atoms with van der Waals surface area (Å²) < 4.78 is 0. The van der Waals surface area contributed by atoms with Gasteiger partial charge in [0.2, 0.25) is 0 Å². The van der Waals surface area contributed by atoms with Crippen LogP contribution in [0.25, 0.3) is 0 Å². The zero-order valence-corrected chi connectivity index (χ0v) is 10.7. The van der Waals surface area contributed by atoms with Crippen LogP contribution in [0.2, 0.25) is 0 Å². The van der Waals surface area contributed by atoms with Crippen LogP contribution >= 0.6 is 0 Å². The van der Waals surface area contributed by atoms with Crippen molar-refractivity contribution >= 4 is 12.0 Å². The highest BCUT2D eigenvalue weighted by Gasteiger charge is 2.35. The van der Waals surface area contributed by atoms with Crippen molar-refractivity contribution in [1.82, 2.24) is 9.80 Å². The summed E-state index contributed by atoms with van der Waals surface area (Å²) in [5.41, 5.74) is 0. The van der Waals surface area contributed by atoms with Gasteiger partial charge in [-0.05, 0) is 26.2 Å². The quantitative estimate of drug-likeness (QED) is 0.799. The third-order valence-corrected chi connectivity index (χ3v) is 3.22. The third kappa shape index (κ3) is 3.35. The Morgan fingerprint density at radius 2 is 2.12 bits per heavy atom. The fourth-order valence-electron chi connectivity index (χ4n) is 2.17. The Bertz CT molecular complexity index is 281. The number of unbranched alkanes of at least 4 members (excludes halogenated alkanes) is 1. The molecule has 0 aliphatic carbocycles. The SMILES string of the molecule is CCCCN(CC)C(=O)N1CCCC1C(=O)O. The van der Waals surface area contributed by atoms with Gasteiger partial charge in [-0.15, -0.1) is 0 Å². The number of nitrogens with zero attached hydrogens (tertiary/aromatic N) is 2. The van der Waals surface area contributed by atoms with Gasteiger partial charge in [0.1, 0.15) is 6.04 Å². The average molecular weight is 242 g/mol. The van der Waals surface area contributed by atoms with E-state index in [1.165, 1.54) is 4.90 Å². The lowest BCUT2D eigenvalue weighted by atomic mass is 10.2. The van der Waals surface area contributed by atoms with Gasteiger partial charge in [-0.25, -0.2) is 9.59 Å². The van der Waals surface area contributed by atoms with E-state index in [2.05, 4.69) is 6.92 Å². The molecule has 1 aliphatic rings. The van der Waals surface area contributed by atoms with Crippen LogP contribution in [-0.4, -0.2) is 52.6 Å². The molecule has 0 spiro atoms. The molecule has 0 saturated carbocycles. The summed E-state index contributed by atoms with van der Waals surface area (Å²) in [5.74, 6) is -0.887. The van der Waals surface area contributed by atoms with E-state index in [1.54, 1.807) is 4.90 Å². The van der Waals surface area contributed by atoms with E-state index in [0.717, 1.165) is 19.3 Å². The van der Waals surface area contributed by atoms with Crippen molar-refractivity contribution in [3.05, 3.63) is 0 Å². The van der Waals surface area contributed by atoms with E-state index >= 15 is 0 Å². The largest absolute Gasteiger partial charge is 0.480 e. The number of urea groups is 1. The van der Waals surface area contributed by atoms with Crippen molar-refractivity contribution in [3.63, 3.8) is 0 Å². The summed E-state index contributed by atoms with van der Waals surface area (Å²) in [4.78, 5) is 26.5. The fraction of sp³-hybridized carbons (Fsp3) is 0.833. The minimum atomic E-state index is -0.887. The molecule has 17 heavy (non-hydrogen) atoms. The molecule has 0 bridgehead atoms. The maximum Gasteiger partial charge on any atom is 0.326 e. The first kappa shape index (κ1) is 13.8. The number of carboxylic acids is 1. The van der Waals surface area contributed by atoms with Gasteiger partial charge >= 0.3 is 12.0 Å². The van der Waals surface area contributed by atoms with Crippen LogP contribution in [0.1, 0.15) is 39.5 Å². The third-order valence-electron chi connectivity index (χ3n) is 3.22. The van der Waals surface area contributed by atoms with E-state index in [0.29, 0.717) is 26.1 Å². The fourth-order valence-corrected chi connectivity index (χ4v) is 2.17. The predicted octanol–water partition coefficient (Wildman–Crippen LogP) is 1.78. The number of carbonyl (C=O) groups is 2. The number of carboxylic acid groups (broad SMARTS) is 1. The van der Waals surface area contributed by atoms with Crippen LogP contribution in [0.3, 0.4) is 0 Å². The molecule has 1 aliphatic heterocycles. The maximum atomic E-state index is 12.2. The minimum absolute atomic E-state index is 0.120. The number of aliphatic carboxylic acids is 1. The molecular formula is C12H22N2O3. The number of carbonyl (C=O) groups excluding carboxylic acids is 1. The van der Waals surface area contributed by atoms with Gasteiger partial charge in [-0.2, -0.15) is 0 Å². The predicted molar refractivity (Wildman–Crippen MR) is 64.9 cm³/mol. The zero-order chi connectivity index (χ0) is 12.8. The Kier molecular flexibility index (Phi) is 5.25. The van der Waals surface area contributed by atoms with Gasteiger partial charge in [0.25, 0.3) is 0 Å². The second kappa shape index (κ2) is 6.47. The van der Waals surface area contributed by atoms with Crippen LogP contribution in [0, 0.1) is 0 Å². The monoisotopic (exact) mass is 242 g/mol. The van der Waals surface area contributed by atoms with E-state index in [9.17, 15) is 9.59 Å². The van der Waals surface area contributed by atoms with Gasteiger partial charge in [0, 0.05) is 19.6 Å². The molecule has 1 rings (SSSR count). The Morgan fingerprint density at radius 1 is 1.41 bits per heavy atom.